The van der Waals surface area contributed by atoms with Crippen LogP contribution in [0.2, 0.25) is 0 Å². The quantitative estimate of drug-likeness (QED) is 0.429. The van der Waals surface area contributed by atoms with Crippen LogP contribution in [0.4, 0.5) is 0 Å². The van der Waals surface area contributed by atoms with E-state index in [0.717, 1.165) is 5.92 Å². The van der Waals surface area contributed by atoms with Gasteiger partial charge in [0.05, 0.1) is 0 Å². The Labute approximate surface area is 177 Å². The second-order valence-corrected chi connectivity index (χ2v) is 2.44. The second-order valence-electron chi connectivity index (χ2n) is 2.44. The fourth-order valence-electron chi connectivity index (χ4n) is 0. The summed E-state index contributed by atoms with van der Waals surface area (Å²) >= 11 is 0. The standard InChI is InChI=1S/C4H10.C3H8.2C2H6.CH3.3Y/c1-4(2)3;1-3-2;2*1-2;;;;/h4H,1-3H3;3H2,1-2H3;2*1-2H3;1H3;;;/q;;;;-1;;;. The monoisotopic (exact) mass is 444 g/mol. The van der Waals surface area contributed by atoms with Crippen LogP contribution in [-0.4, -0.2) is 0 Å². The van der Waals surface area contributed by atoms with E-state index in [2.05, 4.69) is 34.6 Å². The van der Waals surface area contributed by atoms with Gasteiger partial charge in [0.1, 0.15) is 0 Å². The van der Waals surface area contributed by atoms with Gasteiger partial charge in [0, 0.05) is 98.1 Å². The number of hydrogen-bond acceptors (Lipinski definition) is 0. The molecule has 3 heteroatoms. The fourth-order valence-corrected chi connectivity index (χ4v) is 0. The molecule has 0 spiro atoms. The maximum Gasteiger partial charge on any atom is 0 e. The van der Waals surface area contributed by atoms with Crippen LogP contribution < -0.4 is 0 Å². The number of hydrogen-bond donors (Lipinski definition) is 0. The second kappa shape index (κ2) is 86.2. The van der Waals surface area contributed by atoms with E-state index in [9.17, 15) is 0 Å². The SMILES string of the molecule is CC.CC.CC(C)C.CCC.[CH3-].[Y].[Y].[Y]. The Bertz CT molecular complexity index is 22.1. The molecule has 0 amide bonds. The van der Waals surface area contributed by atoms with E-state index in [-0.39, 0.29) is 106 Å². The maximum atomic E-state index is 2.17. The van der Waals surface area contributed by atoms with Crippen LogP contribution >= 0.6 is 0 Å². The van der Waals surface area contributed by atoms with Crippen LogP contribution in [0, 0.1) is 13.3 Å². The molecule has 0 rings (SSSR count). The van der Waals surface area contributed by atoms with Gasteiger partial charge in [-0.1, -0.05) is 68.7 Å². The van der Waals surface area contributed by atoms with Crippen LogP contribution in [0.15, 0.2) is 0 Å². The zero-order chi connectivity index (χ0) is 10.3. The van der Waals surface area contributed by atoms with Crippen LogP contribution in [0.25, 0.3) is 0 Å². The van der Waals surface area contributed by atoms with Gasteiger partial charge in [0.2, 0.25) is 0 Å². The molecule has 0 aromatic rings. The molecule has 0 aromatic carbocycles. The predicted molar refractivity (Wildman–Crippen MR) is 65.6 cm³/mol. The summed E-state index contributed by atoms with van der Waals surface area (Å²) in [6.07, 6.45) is 1.25. The van der Waals surface area contributed by atoms with Crippen molar-refractivity contribution < 1.29 is 98.1 Å². The van der Waals surface area contributed by atoms with E-state index < -0.39 is 0 Å². The molecule has 15 heavy (non-hydrogen) atoms. The first-order valence-corrected chi connectivity index (χ1v) is 5.15. The molecule has 0 saturated carbocycles. The summed E-state index contributed by atoms with van der Waals surface area (Å²) < 4.78 is 0. The first kappa shape index (κ1) is 51.6. The molecule has 0 atom stereocenters. The molecule has 0 bridgehead atoms. The van der Waals surface area contributed by atoms with Gasteiger partial charge in [-0.2, -0.15) is 0 Å². The molecule has 0 N–H and O–H groups in total. The molecular formula is C12H33Y3-. The van der Waals surface area contributed by atoms with Crippen molar-refractivity contribution in [2.24, 2.45) is 5.92 Å². The average molecular weight is 444 g/mol. The third kappa shape index (κ3) is 370. The maximum absolute atomic E-state index is 2.17. The predicted octanol–water partition coefficient (Wildman–Crippen LogP) is 5.57. The van der Waals surface area contributed by atoms with E-state index in [0.29, 0.717) is 0 Å². The molecule has 3 radical (unpaired) electrons. The summed E-state index contributed by atoms with van der Waals surface area (Å²) in [7, 11) is 0. The Kier molecular flexibility index (Phi) is 296. The molecular weight excluding hydrogens is 411 g/mol. The normalized spacial score (nSPS) is 4.40. The Hall–Kier alpha value is 3.31. The van der Waals surface area contributed by atoms with Crippen molar-refractivity contribution in [1.82, 2.24) is 0 Å². The first-order chi connectivity index (χ1) is 5.15. The van der Waals surface area contributed by atoms with Gasteiger partial charge in [-0.15, -0.1) is 0 Å². The zero-order valence-electron chi connectivity index (χ0n) is 13.0. The molecule has 0 aliphatic rings. The van der Waals surface area contributed by atoms with Crippen LogP contribution in [0.5, 0.6) is 0 Å². The third-order valence-corrected chi connectivity index (χ3v) is 0. The Morgan fingerprint density at radius 2 is 0.667 bits per heavy atom. The van der Waals surface area contributed by atoms with Crippen molar-refractivity contribution in [1.29, 1.82) is 0 Å². The molecule has 91 valence electrons. The van der Waals surface area contributed by atoms with Gasteiger partial charge in [0.25, 0.3) is 0 Å². The third-order valence-electron chi connectivity index (χ3n) is 0. The zero-order valence-corrected chi connectivity index (χ0v) is 21.5. The van der Waals surface area contributed by atoms with E-state index in [1.807, 2.05) is 27.7 Å². The van der Waals surface area contributed by atoms with Gasteiger partial charge < -0.3 is 7.43 Å². The summed E-state index contributed by atoms with van der Waals surface area (Å²) in [4.78, 5) is 0. The van der Waals surface area contributed by atoms with E-state index >= 15 is 0 Å². The van der Waals surface area contributed by atoms with Gasteiger partial charge in [0.15, 0.2) is 0 Å². The fraction of sp³-hybridized carbons (Fsp3) is 0.917. The van der Waals surface area contributed by atoms with Crippen molar-refractivity contribution in [2.75, 3.05) is 0 Å². The minimum atomic E-state index is 0. The van der Waals surface area contributed by atoms with Crippen molar-refractivity contribution in [3.05, 3.63) is 7.43 Å². The van der Waals surface area contributed by atoms with Crippen molar-refractivity contribution in [2.45, 2.75) is 68.7 Å². The molecule has 0 unspecified atom stereocenters. The van der Waals surface area contributed by atoms with Gasteiger partial charge in [-0.3, -0.25) is 0 Å². The van der Waals surface area contributed by atoms with E-state index in [1.165, 1.54) is 6.42 Å². The molecule has 0 nitrogen and oxygen atoms in total. The summed E-state index contributed by atoms with van der Waals surface area (Å²) in [6.45, 7) is 18.8. The molecule has 0 aromatic heterocycles. The molecule has 0 heterocycles. The first-order valence-electron chi connectivity index (χ1n) is 5.15. The van der Waals surface area contributed by atoms with Crippen molar-refractivity contribution in [3.63, 3.8) is 0 Å². The molecule has 0 aliphatic heterocycles. The van der Waals surface area contributed by atoms with Crippen molar-refractivity contribution >= 4 is 0 Å². The topological polar surface area (TPSA) is 0 Å². The van der Waals surface area contributed by atoms with Crippen LogP contribution in [-0.2, 0) is 98.1 Å². The van der Waals surface area contributed by atoms with Crippen molar-refractivity contribution in [3.8, 4) is 0 Å². The van der Waals surface area contributed by atoms with Crippen LogP contribution in [0.1, 0.15) is 68.7 Å². The number of rotatable bonds is 0. The minimum absolute atomic E-state index is 0. The van der Waals surface area contributed by atoms with E-state index in [4.69, 9.17) is 0 Å². The molecule has 0 aliphatic carbocycles. The summed E-state index contributed by atoms with van der Waals surface area (Å²) in [5.41, 5.74) is 0. The summed E-state index contributed by atoms with van der Waals surface area (Å²) in [6, 6.07) is 0. The Morgan fingerprint density at radius 3 is 0.667 bits per heavy atom. The molecule has 0 fully saturated rings. The van der Waals surface area contributed by atoms with Gasteiger partial charge in [-0.05, 0) is 5.92 Å². The largest absolute Gasteiger partial charge is 0.358 e. The smallest absolute Gasteiger partial charge is 0 e. The summed E-state index contributed by atoms with van der Waals surface area (Å²) in [5.74, 6) is 0.833. The van der Waals surface area contributed by atoms with E-state index in [1.54, 1.807) is 0 Å². The summed E-state index contributed by atoms with van der Waals surface area (Å²) in [5, 5.41) is 0. The Morgan fingerprint density at radius 1 is 0.667 bits per heavy atom. The average Bonchev–Trinajstić information content (AvgIpc) is 1.96. The van der Waals surface area contributed by atoms with Gasteiger partial charge >= 0.3 is 0 Å². The molecule has 0 saturated heterocycles. The minimum Gasteiger partial charge on any atom is -0.358 e. The van der Waals surface area contributed by atoms with Crippen LogP contribution in [0.3, 0.4) is 0 Å². The Balaban J connectivity index is -0.00000000692. The van der Waals surface area contributed by atoms with Gasteiger partial charge in [-0.25, -0.2) is 0 Å².